The van der Waals surface area contributed by atoms with Gasteiger partial charge in [-0.2, -0.15) is 0 Å². The number of aliphatic hydroxyl groups is 2. The third kappa shape index (κ3) is 6.32. The van der Waals surface area contributed by atoms with Crippen molar-refractivity contribution in [2.24, 2.45) is 5.92 Å². The lowest BCUT2D eigenvalue weighted by atomic mass is 9.98. The summed E-state index contributed by atoms with van der Waals surface area (Å²) in [5.74, 6) is -1.08. The van der Waals surface area contributed by atoms with E-state index in [1.165, 1.54) is 0 Å². The van der Waals surface area contributed by atoms with Gasteiger partial charge in [-0.05, 0) is 12.3 Å². The van der Waals surface area contributed by atoms with Gasteiger partial charge in [-0.15, -0.1) is 0 Å². The second-order valence-corrected chi connectivity index (χ2v) is 3.68. The van der Waals surface area contributed by atoms with Crippen molar-refractivity contribution in [3.63, 3.8) is 0 Å². The van der Waals surface area contributed by atoms with Gasteiger partial charge in [-0.3, -0.25) is 0 Å². The van der Waals surface area contributed by atoms with Gasteiger partial charge in [0.05, 0.1) is 0 Å². The Morgan fingerprint density at radius 1 is 1.27 bits per heavy atom. The molecular weight excluding hydrogens is 140 g/mol. The van der Waals surface area contributed by atoms with E-state index in [2.05, 4.69) is 0 Å². The zero-order valence-corrected chi connectivity index (χ0v) is 7.80. The summed E-state index contributed by atoms with van der Waals surface area (Å²) in [6.07, 6.45) is 2.88. The summed E-state index contributed by atoms with van der Waals surface area (Å²) in [5.41, 5.74) is 0. The molecule has 0 aliphatic heterocycles. The predicted molar refractivity (Wildman–Crippen MR) is 46.1 cm³/mol. The zero-order chi connectivity index (χ0) is 8.91. The van der Waals surface area contributed by atoms with Crippen LogP contribution in [0.4, 0.5) is 0 Å². The van der Waals surface area contributed by atoms with E-state index in [4.69, 9.17) is 0 Å². The van der Waals surface area contributed by atoms with Gasteiger partial charge in [0.15, 0.2) is 5.79 Å². The highest BCUT2D eigenvalue weighted by molar-refractivity contribution is 4.65. The van der Waals surface area contributed by atoms with E-state index in [9.17, 15) is 10.2 Å². The minimum Gasteiger partial charge on any atom is -0.366 e. The molecule has 0 atom stereocenters. The van der Waals surface area contributed by atoms with E-state index in [0.29, 0.717) is 18.8 Å². The molecule has 0 amide bonds. The zero-order valence-electron chi connectivity index (χ0n) is 7.80. The van der Waals surface area contributed by atoms with Crippen LogP contribution in [0.2, 0.25) is 0 Å². The van der Waals surface area contributed by atoms with Crippen LogP contribution in [0.1, 0.15) is 46.5 Å². The van der Waals surface area contributed by atoms with Crippen LogP contribution in [0.15, 0.2) is 0 Å². The third-order valence-corrected chi connectivity index (χ3v) is 1.67. The van der Waals surface area contributed by atoms with Gasteiger partial charge < -0.3 is 10.2 Å². The predicted octanol–water partition coefficient (Wildman–Crippen LogP) is 1.90. The summed E-state index contributed by atoms with van der Waals surface area (Å²) < 4.78 is 0. The molecule has 0 aromatic heterocycles. The quantitative estimate of drug-likeness (QED) is 0.603. The van der Waals surface area contributed by atoms with Crippen molar-refractivity contribution < 1.29 is 10.2 Å². The van der Waals surface area contributed by atoms with Crippen molar-refractivity contribution in [3.05, 3.63) is 0 Å². The first-order chi connectivity index (χ1) is 4.98. The largest absolute Gasteiger partial charge is 0.366 e. The third-order valence-electron chi connectivity index (χ3n) is 1.67. The fraction of sp³-hybridized carbons (Fsp3) is 1.00. The number of hydrogen-bond donors (Lipinski definition) is 2. The van der Waals surface area contributed by atoms with Crippen LogP contribution < -0.4 is 0 Å². The number of hydrogen-bond acceptors (Lipinski definition) is 2. The van der Waals surface area contributed by atoms with E-state index >= 15 is 0 Å². The van der Waals surface area contributed by atoms with Crippen molar-refractivity contribution in [1.82, 2.24) is 0 Å². The van der Waals surface area contributed by atoms with Crippen molar-refractivity contribution in [1.29, 1.82) is 0 Å². The molecule has 0 rings (SSSR count). The molecule has 0 saturated carbocycles. The molecule has 0 unspecified atom stereocenters. The molecule has 0 fully saturated rings. The topological polar surface area (TPSA) is 40.5 Å². The highest BCUT2D eigenvalue weighted by atomic mass is 16.5. The molecule has 0 aliphatic rings. The van der Waals surface area contributed by atoms with Gasteiger partial charge >= 0.3 is 0 Å². The lowest BCUT2D eigenvalue weighted by Crippen LogP contribution is -2.29. The summed E-state index contributed by atoms with van der Waals surface area (Å²) >= 11 is 0. The van der Waals surface area contributed by atoms with Crippen molar-refractivity contribution in [2.75, 3.05) is 0 Å². The highest BCUT2D eigenvalue weighted by Gasteiger charge is 2.22. The molecule has 0 heterocycles. The Balaban J connectivity index is 3.61. The molecule has 0 aliphatic carbocycles. The van der Waals surface area contributed by atoms with Gasteiger partial charge in [0.2, 0.25) is 0 Å². The summed E-state index contributed by atoms with van der Waals surface area (Å²) in [5, 5.41) is 18.7. The SMILES string of the molecule is CCCCC(O)(O)CC(C)C. The van der Waals surface area contributed by atoms with Gasteiger partial charge in [-0.25, -0.2) is 0 Å². The van der Waals surface area contributed by atoms with Gasteiger partial charge in [0, 0.05) is 12.8 Å². The van der Waals surface area contributed by atoms with Crippen molar-refractivity contribution in [2.45, 2.75) is 52.2 Å². The molecule has 0 radical (unpaired) electrons. The molecule has 68 valence electrons. The van der Waals surface area contributed by atoms with Crippen molar-refractivity contribution in [3.8, 4) is 0 Å². The molecule has 2 nitrogen and oxygen atoms in total. The fourth-order valence-corrected chi connectivity index (χ4v) is 1.22. The average Bonchev–Trinajstić information content (AvgIpc) is 1.81. The lowest BCUT2D eigenvalue weighted by Gasteiger charge is -2.23. The molecule has 0 aromatic rings. The maximum Gasteiger partial charge on any atom is 0.162 e. The molecule has 0 saturated heterocycles. The Morgan fingerprint density at radius 2 is 1.82 bits per heavy atom. The van der Waals surface area contributed by atoms with Crippen molar-refractivity contribution >= 4 is 0 Å². The van der Waals surface area contributed by atoms with E-state index < -0.39 is 5.79 Å². The Hall–Kier alpha value is -0.0800. The standard InChI is InChI=1S/C9H20O2/c1-4-5-6-9(10,11)7-8(2)3/h8,10-11H,4-7H2,1-3H3. The first-order valence-corrected chi connectivity index (χ1v) is 4.42. The summed E-state index contributed by atoms with van der Waals surface area (Å²) in [7, 11) is 0. The van der Waals surface area contributed by atoms with Crippen LogP contribution in [-0.4, -0.2) is 16.0 Å². The van der Waals surface area contributed by atoms with Crippen LogP contribution >= 0.6 is 0 Å². The van der Waals surface area contributed by atoms with Crippen LogP contribution in [0.3, 0.4) is 0 Å². The molecule has 0 bridgehead atoms. The van der Waals surface area contributed by atoms with Crippen LogP contribution in [-0.2, 0) is 0 Å². The maximum absolute atomic E-state index is 9.37. The summed E-state index contributed by atoms with van der Waals surface area (Å²) in [6.45, 7) is 6.03. The number of rotatable bonds is 5. The Morgan fingerprint density at radius 3 is 2.18 bits per heavy atom. The van der Waals surface area contributed by atoms with Gasteiger partial charge in [0.25, 0.3) is 0 Å². The van der Waals surface area contributed by atoms with Crippen LogP contribution in [0, 0.1) is 5.92 Å². The minimum atomic E-state index is -1.43. The van der Waals surface area contributed by atoms with E-state index in [0.717, 1.165) is 12.8 Å². The first kappa shape index (κ1) is 10.9. The number of unbranched alkanes of at least 4 members (excludes halogenated alkanes) is 1. The maximum atomic E-state index is 9.37. The molecule has 2 heteroatoms. The molecule has 11 heavy (non-hydrogen) atoms. The van der Waals surface area contributed by atoms with E-state index in [1.807, 2.05) is 20.8 Å². The van der Waals surface area contributed by atoms with Gasteiger partial charge in [-0.1, -0.05) is 27.2 Å². The second kappa shape index (κ2) is 4.73. The Kier molecular flexibility index (Phi) is 4.69. The van der Waals surface area contributed by atoms with Crippen LogP contribution in [0.25, 0.3) is 0 Å². The Bertz CT molecular complexity index is 97.7. The summed E-state index contributed by atoms with van der Waals surface area (Å²) in [6, 6.07) is 0. The average molecular weight is 160 g/mol. The molecular formula is C9H20O2. The monoisotopic (exact) mass is 160 g/mol. The normalized spacial score (nSPS) is 12.5. The van der Waals surface area contributed by atoms with Crippen LogP contribution in [0.5, 0.6) is 0 Å². The Labute approximate surface area is 69.2 Å². The second-order valence-electron chi connectivity index (χ2n) is 3.68. The minimum absolute atomic E-state index is 0.349. The highest BCUT2D eigenvalue weighted by Crippen LogP contribution is 2.19. The molecule has 2 N–H and O–H groups in total. The summed E-state index contributed by atoms with van der Waals surface area (Å²) in [4.78, 5) is 0. The molecule has 0 spiro atoms. The smallest absolute Gasteiger partial charge is 0.162 e. The van der Waals surface area contributed by atoms with E-state index in [1.54, 1.807) is 0 Å². The first-order valence-electron chi connectivity index (χ1n) is 4.42. The fourth-order valence-electron chi connectivity index (χ4n) is 1.22. The molecule has 0 aromatic carbocycles. The van der Waals surface area contributed by atoms with E-state index in [-0.39, 0.29) is 0 Å². The van der Waals surface area contributed by atoms with Gasteiger partial charge in [0.1, 0.15) is 0 Å². The lowest BCUT2D eigenvalue weighted by molar-refractivity contribution is -0.177.